The zero-order chi connectivity index (χ0) is 14.3. The Hall–Kier alpha value is -2.21. The fourth-order valence-corrected chi connectivity index (χ4v) is 2.25. The summed E-state index contributed by atoms with van der Waals surface area (Å²) in [5, 5.41) is 8.93. The molecule has 0 saturated carbocycles. The number of benzene rings is 2. The van der Waals surface area contributed by atoms with Crippen LogP contribution in [0.1, 0.15) is 10.4 Å². The van der Waals surface area contributed by atoms with E-state index in [0.717, 1.165) is 0 Å². The maximum absolute atomic E-state index is 13.3. The van der Waals surface area contributed by atoms with Crippen LogP contribution in [0.15, 0.2) is 45.3 Å². The van der Waals surface area contributed by atoms with Gasteiger partial charge in [-0.3, -0.25) is 0 Å². The summed E-state index contributed by atoms with van der Waals surface area (Å²) in [6.07, 6.45) is 0. The van der Waals surface area contributed by atoms with E-state index in [1.165, 1.54) is 30.3 Å². The molecule has 0 spiro atoms. The van der Waals surface area contributed by atoms with Crippen LogP contribution >= 0.6 is 15.9 Å². The fourth-order valence-electron chi connectivity index (χ4n) is 1.84. The number of hydrogen-bond donors (Lipinski definition) is 1. The zero-order valence-corrected chi connectivity index (χ0v) is 11.5. The van der Waals surface area contributed by atoms with Crippen LogP contribution < -0.4 is 0 Å². The van der Waals surface area contributed by atoms with Crippen molar-refractivity contribution >= 4 is 33.0 Å². The number of nitrogens with zero attached hydrogens (tertiary/aromatic N) is 1. The monoisotopic (exact) mass is 335 g/mol. The number of halogens is 2. The summed E-state index contributed by atoms with van der Waals surface area (Å²) in [7, 11) is 0. The summed E-state index contributed by atoms with van der Waals surface area (Å²) < 4.78 is 19.5. The lowest BCUT2D eigenvalue weighted by atomic mass is 10.2. The largest absolute Gasteiger partial charge is 0.478 e. The van der Waals surface area contributed by atoms with Crippen LogP contribution in [0.2, 0.25) is 0 Å². The number of carbonyl (C=O) groups is 1. The van der Waals surface area contributed by atoms with Gasteiger partial charge >= 0.3 is 5.97 Å². The summed E-state index contributed by atoms with van der Waals surface area (Å²) in [5.41, 5.74) is 1.45. The average Bonchev–Trinajstić information content (AvgIpc) is 2.83. The van der Waals surface area contributed by atoms with Crippen LogP contribution in [-0.4, -0.2) is 16.1 Å². The van der Waals surface area contributed by atoms with Crippen molar-refractivity contribution in [2.75, 3.05) is 0 Å². The SMILES string of the molecule is O=C(O)c1ccc2oc(-c3cc(F)ccc3Br)nc2c1. The summed E-state index contributed by atoms with van der Waals surface area (Å²) >= 11 is 3.30. The van der Waals surface area contributed by atoms with Crippen LogP contribution in [0.5, 0.6) is 0 Å². The maximum Gasteiger partial charge on any atom is 0.335 e. The first kappa shape index (κ1) is 12.8. The summed E-state index contributed by atoms with van der Waals surface area (Å²) in [5.74, 6) is -1.21. The minimum atomic E-state index is -1.04. The zero-order valence-electron chi connectivity index (χ0n) is 9.93. The number of hydrogen-bond acceptors (Lipinski definition) is 3. The molecule has 20 heavy (non-hydrogen) atoms. The van der Waals surface area contributed by atoms with Crippen molar-refractivity contribution in [3.63, 3.8) is 0 Å². The Labute approximate surface area is 121 Å². The van der Waals surface area contributed by atoms with Gasteiger partial charge in [0.25, 0.3) is 0 Å². The molecule has 1 aromatic heterocycles. The van der Waals surface area contributed by atoms with Gasteiger partial charge in [-0.2, -0.15) is 0 Å². The molecule has 1 heterocycles. The lowest BCUT2D eigenvalue weighted by molar-refractivity contribution is 0.0697. The Morgan fingerprint density at radius 2 is 2.05 bits per heavy atom. The molecule has 0 radical (unpaired) electrons. The Balaban J connectivity index is 2.17. The van der Waals surface area contributed by atoms with Crippen molar-refractivity contribution in [3.05, 3.63) is 52.3 Å². The molecule has 3 aromatic rings. The van der Waals surface area contributed by atoms with Crippen molar-refractivity contribution in [1.82, 2.24) is 4.98 Å². The Morgan fingerprint density at radius 3 is 2.80 bits per heavy atom. The molecule has 4 nitrogen and oxygen atoms in total. The lowest BCUT2D eigenvalue weighted by Crippen LogP contribution is -1.94. The second-order valence-corrected chi connectivity index (χ2v) is 4.99. The second kappa shape index (κ2) is 4.72. The van der Waals surface area contributed by atoms with Gasteiger partial charge in [0, 0.05) is 4.47 Å². The van der Waals surface area contributed by atoms with Crippen molar-refractivity contribution in [2.24, 2.45) is 0 Å². The van der Waals surface area contributed by atoms with Gasteiger partial charge in [-0.1, -0.05) is 0 Å². The third-order valence-electron chi connectivity index (χ3n) is 2.79. The number of aromatic nitrogens is 1. The smallest absolute Gasteiger partial charge is 0.335 e. The average molecular weight is 336 g/mol. The van der Waals surface area contributed by atoms with E-state index in [-0.39, 0.29) is 11.5 Å². The second-order valence-electron chi connectivity index (χ2n) is 4.13. The lowest BCUT2D eigenvalue weighted by Gasteiger charge is -1.98. The van der Waals surface area contributed by atoms with E-state index >= 15 is 0 Å². The van der Waals surface area contributed by atoms with Crippen LogP contribution in [0.25, 0.3) is 22.6 Å². The van der Waals surface area contributed by atoms with E-state index in [4.69, 9.17) is 9.52 Å². The third kappa shape index (κ3) is 2.18. The van der Waals surface area contributed by atoms with E-state index in [2.05, 4.69) is 20.9 Å². The summed E-state index contributed by atoms with van der Waals surface area (Å²) in [6, 6.07) is 8.55. The molecule has 0 amide bonds. The first-order valence-electron chi connectivity index (χ1n) is 5.64. The molecule has 6 heteroatoms. The Morgan fingerprint density at radius 1 is 1.25 bits per heavy atom. The van der Waals surface area contributed by atoms with E-state index in [1.807, 2.05) is 0 Å². The number of aromatic carboxylic acids is 1. The van der Waals surface area contributed by atoms with Gasteiger partial charge in [-0.25, -0.2) is 14.2 Å². The molecule has 0 saturated heterocycles. The quantitative estimate of drug-likeness (QED) is 0.765. The molecule has 3 rings (SSSR count). The normalized spacial score (nSPS) is 10.9. The van der Waals surface area contributed by atoms with Gasteiger partial charge < -0.3 is 9.52 Å². The highest BCUT2D eigenvalue weighted by atomic mass is 79.9. The number of oxazole rings is 1. The Kier molecular flexibility index (Phi) is 3.02. The van der Waals surface area contributed by atoms with Gasteiger partial charge in [0.05, 0.1) is 11.1 Å². The maximum atomic E-state index is 13.3. The number of fused-ring (bicyclic) bond motifs is 1. The van der Waals surface area contributed by atoms with Gasteiger partial charge in [0.1, 0.15) is 11.3 Å². The summed E-state index contributed by atoms with van der Waals surface area (Å²) in [4.78, 5) is 15.1. The molecule has 0 fully saturated rings. The molecule has 2 aromatic carbocycles. The number of carboxylic acids is 1. The highest BCUT2D eigenvalue weighted by Gasteiger charge is 2.14. The predicted octanol–water partition coefficient (Wildman–Crippen LogP) is 4.09. The van der Waals surface area contributed by atoms with Crippen LogP contribution in [0.3, 0.4) is 0 Å². The summed E-state index contributed by atoms with van der Waals surface area (Å²) in [6.45, 7) is 0. The van der Waals surface area contributed by atoms with Gasteiger partial charge in [-0.15, -0.1) is 0 Å². The third-order valence-corrected chi connectivity index (χ3v) is 3.48. The molecule has 0 atom stereocenters. The predicted molar refractivity (Wildman–Crippen MR) is 74.1 cm³/mol. The van der Waals surface area contributed by atoms with E-state index < -0.39 is 11.8 Å². The molecule has 0 aliphatic heterocycles. The van der Waals surface area contributed by atoms with Gasteiger partial charge in [-0.05, 0) is 52.3 Å². The van der Waals surface area contributed by atoms with Crippen molar-refractivity contribution in [3.8, 4) is 11.5 Å². The molecule has 0 bridgehead atoms. The first-order valence-corrected chi connectivity index (χ1v) is 6.43. The van der Waals surface area contributed by atoms with E-state index in [0.29, 0.717) is 21.1 Å². The molecule has 0 unspecified atom stereocenters. The molecule has 1 N–H and O–H groups in total. The van der Waals surface area contributed by atoms with Crippen LogP contribution in [0, 0.1) is 5.82 Å². The number of carboxylic acid groups (broad SMARTS) is 1. The highest BCUT2D eigenvalue weighted by Crippen LogP contribution is 2.31. The standard InChI is InChI=1S/C14H7BrFNO3/c15-10-3-2-8(16)6-9(10)13-17-11-5-7(14(18)19)1-4-12(11)20-13/h1-6H,(H,18,19). The highest BCUT2D eigenvalue weighted by molar-refractivity contribution is 9.10. The molecule has 100 valence electrons. The molecular formula is C14H7BrFNO3. The topological polar surface area (TPSA) is 63.3 Å². The van der Waals surface area contributed by atoms with Gasteiger partial charge in [0.15, 0.2) is 5.58 Å². The fraction of sp³-hybridized carbons (Fsp3) is 0. The van der Waals surface area contributed by atoms with Crippen molar-refractivity contribution in [1.29, 1.82) is 0 Å². The minimum Gasteiger partial charge on any atom is -0.478 e. The number of rotatable bonds is 2. The van der Waals surface area contributed by atoms with E-state index in [1.54, 1.807) is 6.07 Å². The van der Waals surface area contributed by atoms with Gasteiger partial charge in [0.2, 0.25) is 5.89 Å². The van der Waals surface area contributed by atoms with Crippen LogP contribution in [-0.2, 0) is 0 Å². The first-order chi connectivity index (χ1) is 9.54. The Bertz CT molecular complexity index is 828. The molecular weight excluding hydrogens is 329 g/mol. The van der Waals surface area contributed by atoms with Crippen molar-refractivity contribution < 1.29 is 18.7 Å². The molecule has 0 aliphatic rings. The van der Waals surface area contributed by atoms with E-state index in [9.17, 15) is 9.18 Å². The van der Waals surface area contributed by atoms with Crippen LogP contribution in [0.4, 0.5) is 4.39 Å². The molecule has 0 aliphatic carbocycles. The minimum absolute atomic E-state index is 0.121. The van der Waals surface area contributed by atoms with Crippen molar-refractivity contribution in [2.45, 2.75) is 0 Å².